The van der Waals surface area contributed by atoms with Crippen molar-refractivity contribution in [3.63, 3.8) is 0 Å². The molecule has 2 rings (SSSR count). The second-order valence-corrected chi connectivity index (χ2v) is 5.34. The number of hydrogen-bond acceptors (Lipinski definition) is 6. The second-order valence-electron chi connectivity index (χ2n) is 5.34. The third-order valence-corrected chi connectivity index (χ3v) is 2.31. The van der Waals surface area contributed by atoms with E-state index in [1.807, 2.05) is 0 Å². The van der Waals surface area contributed by atoms with E-state index in [0.717, 1.165) is 0 Å². The van der Waals surface area contributed by atoms with Crippen LogP contribution in [0.5, 0.6) is 0 Å². The Hall–Kier alpha value is -2.97. The Morgan fingerprint density at radius 3 is 2.68 bits per heavy atom. The molecule has 2 N–H and O–H groups in total. The molecule has 0 saturated carbocycles. The summed E-state index contributed by atoms with van der Waals surface area (Å²) in [5.41, 5.74) is 4.38. The second kappa shape index (κ2) is 6.20. The number of aromatic nitrogens is 4. The normalized spacial score (nSPS) is 10.9. The van der Waals surface area contributed by atoms with Gasteiger partial charge in [-0.3, -0.25) is 15.2 Å². The maximum absolute atomic E-state index is 11.8. The molecule has 2 amide bonds. The van der Waals surface area contributed by atoms with E-state index in [0.29, 0.717) is 5.69 Å². The van der Waals surface area contributed by atoms with Crippen LogP contribution in [0, 0.1) is 0 Å². The van der Waals surface area contributed by atoms with Gasteiger partial charge in [-0.25, -0.2) is 14.9 Å². The lowest BCUT2D eigenvalue weighted by Gasteiger charge is -2.19. The minimum absolute atomic E-state index is 0.0416. The Kier molecular flexibility index (Phi) is 4.35. The fraction of sp³-hybridized carbons (Fsp3) is 0.308. The number of carbonyl (C=O) groups excluding carboxylic acids is 2. The molecule has 0 aliphatic carbocycles. The third-order valence-electron chi connectivity index (χ3n) is 2.31. The maximum atomic E-state index is 11.8. The van der Waals surface area contributed by atoms with Crippen molar-refractivity contribution >= 4 is 12.0 Å². The number of nitrogens with one attached hydrogen (secondary N) is 2. The highest BCUT2D eigenvalue weighted by Crippen LogP contribution is 2.06. The average Bonchev–Trinajstić information content (AvgIpc) is 2.94. The Morgan fingerprint density at radius 2 is 2.05 bits per heavy atom. The first-order valence-corrected chi connectivity index (χ1v) is 6.47. The molecule has 2 aromatic rings. The zero-order valence-corrected chi connectivity index (χ0v) is 12.4. The molecule has 0 aliphatic heterocycles. The molecule has 0 saturated heterocycles. The smallest absolute Gasteiger partial charge is 0.426 e. The maximum Gasteiger partial charge on any atom is 0.426 e. The molecule has 0 spiro atoms. The van der Waals surface area contributed by atoms with Gasteiger partial charge >= 0.3 is 6.09 Å². The van der Waals surface area contributed by atoms with Crippen molar-refractivity contribution in [2.24, 2.45) is 0 Å². The van der Waals surface area contributed by atoms with Gasteiger partial charge in [-0.05, 0) is 32.9 Å². The monoisotopic (exact) mass is 304 g/mol. The third kappa shape index (κ3) is 4.27. The van der Waals surface area contributed by atoms with Crippen LogP contribution in [0.2, 0.25) is 0 Å². The Balaban J connectivity index is 1.94. The quantitative estimate of drug-likeness (QED) is 0.795. The molecule has 116 valence electrons. The lowest BCUT2D eigenvalue weighted by Crippen LogP contribution is -2.44. The summed E-state index contributed by atoms with van der Waals surface area (Å²) in [7, 11) is 0. The fourth-order valence-electron chi connectivity index (χ4n) is 1.46. The van der Waals surface area contributed by atoms with E-state index in [1.54, 1.807) is 45.3 Å². The van der Waals surface area contributed by atoms with Crippen molar-refractivity contribution in [2.45, 2.75) is 26.4 Å². The summed E-state index contributed by atoms with van der Waals surface area (Å²) in [5.74, 6) is -0.610. The number of carbonyl (C=O) groups is 2. The molecule has 2 heterocycles. The van der Waals surface area contributed by atoms with Crippen LogP contribution in [0.25, 0.3) is 5.69 Å². The summed E-state index contributed by atoms with van der Waals surface area (Å²) in [6, 6.07) is 3.50. The zero-order chi connectivity index (χ0) is 16.2. The van der Waals surface area contributed by atoms with Crippen LogP contribution in [-0.2, 0) is 4.74 Å². The standard InChI is InChI=1S/C13H16N6O3/c1-13(2,3)22-12(21)17-16-11(20)10-8-19(18-15-10)9-5-4-6-14-7-9/h4-8H,1-3H3,(H,16,20)(H,17,21). The molecule has 0 fully saturated rings. The number of rotatable bonds is 2. The topological polar surface area (TPSA) is 111 Å². The van der Waals surface area contributed by atoms with Gasteiger partial charge in [-0.15, -0.1) is 5.10 Å². The molecule has 0 atom stereocenters. The highest BCUT2D eigenvalue weighted by Gasteiger charge is 2.17. The summed E-state index contributed by atoms with van der Waals surface area (Å²) >= 11 is 0. The predicted molar refractivity (Wildman–Crippen MR) is 76.0 cm³/mol. The first-order valence-electron chi connectivity index (χ1n) is 6.47. The first-order chi connectivity index (χ1) is 10.3. The molecule has 9 heteroatoms. The van der Waals surface area contributed by atoms with E-state index in [1.165, 1.54) is 10.9 Å². The van der Waals surface area contributed by atoms with Crippen LogP contribution in [0.15, 0.2) is 30.7 Å². The molecular weight excluding hydrogens is 288 g/mol. The van der Waals surface area contributed by atoms with Crippen molar-refractivity contribution in [3.8, 4) is 5.69 Å². The molecular formula is C13H16N6O3. The van der Waals surface area contributed by atoms with Gasteiger partial charge in [0.15, 0.2) is 5.69 Å². The first kappa shape index (κ1) is 15.4. The Labute approximate surface area is 126 Å². The highest BCUT2D eigenvalue weighted by molar-refractivity contribution is 5.92. The summed E-state index contributed by atoms with van der Waals surface area (Å²) in [6.07, 6.45) is 3.86. The number of amides is 2. The molecule has 0 bridgehead atoms. The number of hydrazine groups is 1. The van der Waals surface area contributed by atoms with Crippen LogP contribution in [0.1, 0.15) is 31.3 Å². The van der Waals surface area contributed by atoms with Crippen molar-refractivity contribution in [3.05, 3.63) is 36.4 Å². The van der Waals surface area contributed by atoms with Crippen molar-refractivity contribution in [1.82, 2.24) is 30.8 Å². The van der Waals surface area contributed by atoms with E-state index < -0.39 is 17.6 Å². The van der Waals surface area contributed by atoms with Gasteiger partial charge in [-0.2, -0.15) is 0 Å². The average molecular weight is 304 g/mol. The molecule has 0 unspecified atom stereocenters. The van der Waals surface area contributed by atoms with Crippen LogP contribution < -0.4 is 10.9 Å². The summed E-state index contributed by atoms with van der Waals surface area (Å²) in [5, 5.41) is 7.54. The van der Waals surface area contributed by atoms with Gasteiger partial charge in [0.2, 0.25) is 0 Å². The van der Waals surface area contributed by atoms with E-state index in [9.17, 15) is 9.59 Å². The molecule has 0 radical (unpaired) electrons. The molecule has 22 heavy (non-hydrogen) atoms. The van der Waals surface area contributed by atoms with Crippen molar-refractivity contribution in [2.75, 3.05) is 0 Å². The lowest BCUT2D eigenvalue weighted by molar-refractivity contribution is 0.0483. The van der Waals surface area contributed by atoms with Gasteiger partial charge in [-0.1, -0.05) is 5.21 Å². The Morgan fingerprint density at radius 1 is 1.27 bits per heavy atom. The van der Waals surface area contributed by atoms with Crippen LogP contribution in [0.3, 0.4) is 0 Å². The fourth-order valence-corrected chi connectivity index (χ4v) is 1.46. The number of hydrogen-bond donors (Lipinski definition) is 2. The van der Waals surface area contributed by atoms with Gasteiger partial charge in [0.05, 0.1) is 18.1 Å². The highest BCUT2D eigenvalue weighted by atomic mass is 16.6. The zero-order valence-electron chi connectivity index (χ0n) is 12.4. The van der Waals surface area contributed by atoms with Crippen LogP contribution in [0.4, 0.5) is 4.79 Å². The summed E-state index contributed by atoms with van der Waals surface area (Å²) in [4.78, 5) is 27.2. The van der Waals surface area contributed by atoms with Crippen molar-refractivity contribution in [1.29, 1.82) is 0 Å². The van der Waals surface area contributed by atoms with E-state index in [2.05, 4.69) is 26.1 Å². The van der Waals surface area contributed by atoms with Gasteiger partial charge in [0.25, 0.3) is 5.91 Å². The lowest BCUT2D eigenvalue weighted by atomic mass is 10.2. The van der Waals surface area contributed by atoms with Crippen LogP contribution >= 0.6 is 0 Å². The minimum Gasteiger partial charge on any atom is -0.443 e. The van der Waals surface area contributed by atoms with Gasteiger partial charge in [0.1, 0.15) is 5.60 Å². The number of pyridine rings is 1. The SMILES string of the molecule is CC(C)(C)OC(=O)NNC(=O)c1cn(-c2cccnc2)nn1. The molecule has 0 aromatic carbocycles. The van der Waals surface area contributed by atoms with Crippen LogP contribution in [-0.4, -0.2) is 37.6 Å². The summed E-state index contributed by atoms with van der Waals surface area (Å²) < 4.78 is 6.38. The van der Waals surface area contributed by atoms with E-state index in [4.69, 9.17) is 4.74 Å². The van der Waals surface area contributed by atoms with Crippen molar-refractivity contribution < 1.29 is 14.3 Å². The van der Waals surface area contributed by atoms with Gasteiger partial charge in [0, 0.05) is 6.20 Å². The number of ether oxygens (including phenoxy) is 1. The van der Waals surface area contributed by atoms with Gasteiger partial charge < -0.3 is 4.74 Å². The molecule has 0 aliphatic rings. The largest absolute Gasteiger partial charge is 0.443 e. The summed E-state index contributed by atoms with van der Waals surface area (Å²) in [6.45, 7) is 5.15. The molecule has 9 nitrogen and oxygen atoms in total. The number of nitrogens with zero attached hydrogens (tertiary/aromatic N) is 4. The minimum atomic E-state index is -0.763. The Bertz CT molecular complexity index is 662. The van der Waals surface area contributed by atoms with E-state index >= 15 is 0 Å². The predicted octanol–water partition coefficient (Wildman–Crippen LogP) is 0.832. The molecule has 2 aromatic heterocycles. The van der Waals surface area contributed by atoms with E-state index in [-0.39, 0.29) is 5.69 Å².